The Labute approximate surface area is 202 Å². The molecule has 0 aromatic carbocycles. The van der Waals surface area contributed by atoms with Gasteiger partial charge in [-0.25, -0.2) is 0 Å². The zero-order valence-electron chi connectivity index (χ0n) is 19.2. The highest BCUT2D eigenvalue weighted by atomic mass is 127. The van der Waals surface area contributed by atoms with Gasteiger partial charge in [0.25, 0.3) is 0 Å². The molecule has 0 amide bonds. The molecule has 1 aliphatic heterocycles. The van der Waals surface area contributed by atoms with E-state index in [1.807, 2.05) is 6.92 Å². The quantitative estimate of drug-likeness (QED) is 0.207. The van der Waals surface area contributed by atoms with Crippen LogP contribution in [0.5, 0.6) is 0 Å². The summed E-state index contributed by atoms with van der Waals surface area (Å²) in [4.78, 5) is 4.81. The summed E-state index contributed by atoms with van der Waals surface area (Å²) in [6.07, 6.45) is 6.08. The van der Waals surface area contributed by atoms with Crippen LogP contribution in [0.1, 0.15) is 50.3 Å². The van der Waals surface area contributed by atoms with E-state index in [1.165, 1.54) is 5.69 Å². The fourth-order valence-electron chi connectivity index (χ4n) is 3.80. The molecule has 1 fully saturated rings. The lowest BCUT2D eigenvalue weighted by Crippen LogP contribution is -2.47. The average molecular weight is 544 g/mol. The third-order valence-corrected chi connectivity index (χ3v) is 5.45. The van der Waals surface area contributed by atoms with E-state index in [0.717, 1.165) is 75.9 Å². The Bertz CT molecular complexity index is 812. The number of aromatic nitrogens is 5. The van der Waals surface area contributed by atoms with Gasteiger partial charge in [0, 0.05) is 44.9 Å². The van der Waals surface area contributed by atoms with Crippen LogP contribution < -0.4 is 10.6 Å². The molecule has 174 valence electrons. The van der Waals surface area contributed by atoms with Crippen molar-refractivity contribution < 1.29 is 4.74 Å². The molecule has 2 unspecified atom stereocenters. The zero-order valence-corrected chi connectivity index (χ0v) is 21.5. The van der Waals surface area contributed by atoms with E-state index in [9.17, 15) is 0 Å². The van der Waals surface area contributed by atoms with Crippen molar-refractivity contribution in [1.29, 1.82) is 0 Å². The van der Waals surface area contributed by atoms with E-state index in [1.54, 1.807) is 6.33 Å². The summed E-state index contributed by atoms with van der Waals surface area (Å²) in [5.74, 6) is 1.83. The first-order chi connectivity index (χ1) is 14.6. The summed E-state index contributed by atoms with van der Waals surface area (Å²) in [5.41, 5.74) is 2.26. The molecule has 2 aromatic rings. The van der Waals surface area contributed by atoms with Gasteiger partial charge in [0.1, 0.15) is 12.2 Å². The minimum Gasteiger partial charge on any atom is -0.376 e. The Morgan fingerprint density at radius 1 is 1.35 bits per heavy atom. The minimum atomic E-state index is 0. The van der Waals surface area contributed by atoms with Crippen molar-refractivity contribution >= 4 is 29.9 Å². The van der Waals surface area contributed by atoms with Gasteiger partial charge in [-0.2, -0.15) is 5.10 Å². The molecule has 31 heavy (non-hydrogen) atoms. The number of nitrogens with one attached hydrogen (secondary N) is 2. The van der Waals surface area contributed by atoms with Crippen LogP contribution in [0.2, 0.25) is 0 Å². The highest BCUT2D eigenvalue weighted by Gasteiger charge is 2.23. The maximum atomic E-state index is 5.83. The molecule has 9 nitrogen and oxygen atoms in total. The summed E-state index contributed by atoms with van der Waals surface area (Å²) < 4.78 is 9.97. The van der Waals surface area contributed by atoms with Crippen molar-refractivity contribution in [2.75, 3.05) is 19.7 Å². The van der Waals surface area contributed by atoms with Gasteiger partial charge in [-0.3, -0.25) is 9.67 Å². The molecule has 0 radical (unpaired) electrons. The van der Waals surface area contributed by atoms with Gasteiger partial charge >= 0.3 is 0 Å². The lowest BCUT2D eigenvalue weighted by atomic mass is 10.1. The summed E-state index contributed by atoms with van der Waals surface area (Å²) in [6, 6.07) is 2.33. The fraction of sp³-hybridized carbons (Fsp3) is 0.714. The topological polar surface area (TPSA) is 94.2 Å². The monoisotopic (exact) mass is 544 g/mol. The molecule has 10 heteroatoms. The number of halogens is 1. The van der Waals surface area contributed by atoms with Crippen molar-refractivity contribution in [1.82, 2.24) is 35.2 Å². The lowest BCUT2D eigenvalue weighted by molar-refractivity contribution is 0.0890. The second-order valence-corrected chi connectivity index (χ2v) is 7.94. The SMILES string of the molecule is CCc1nncn1CCNC(=NCCCn1nc(C)cc1C)NC(C)C1CCCO1.I. The van der Waals surface area contributed by atoms with E-state index in [4.69, 9.17) is 9.73 Å². The number of ether oxygens (including phenoxy) is 1. The number of nitrogens with zero attached hydrogens (tertiary/aromatic N) is 6. The van der Waals surface area contributed by atoms with Gasteiger partial charge < -0.3 is 19.9 Å². The number of aryl methyl sites for hydroxylation is 4. The van der Waals surface area contributed by atoms with Crippen LogP contribution in [0.15, 0.2) is 17.4 Å². The summed E-state index contributed by atoms with van der Waals surface area (Å²) >= 11 is 0. The Morgan fingerprint density at radius 2 is 2.19 bits per heavy atom. The normalized spacial score (nSPS) is 17.4. The van der Waals surface area contributed by atoms with Crippen LogP contribution in [-0.2, 0) is 24.2 Å². The second-order valence-electron chi connectivity index (χ2n) is 7.94. The van der Waals surface area contributed by atoms with Crippen LogP contribution in [-0.4, -0.2) is 62.3 Å². The van der Waals surface area contributed by atoms with Crippen molar-refractivity contribution in [3.63, 3.8) is 0 Å². The van der Waals surface area contributed by atoms with Crippen LogP contribution in [0, 0.1) is 13.8 Å². The Morgan fingerprint density at radius 3 is 2.87 bits per heavy atom. The van der Waals surface area contributed by atoms with Gasteiger partial charge in [0.15, 0.2) is 5.96 Å². The second kappa shape index (κ2) is 13.0. The van der Waals surface area contributed by atoms with E-state index in [2.05, 4.69) is 62.0 Å². The van der Waals surface area contributed by atoms with Crippen molar-refractivity contribution in [3.8, 4) is 0 Å². The number of rotatable bonds is 10. The Balaban J connectivity index is 0.00000341. The molecule has 3 rings (SSSR count). The molecule has 0 aliphatic carbocycles. The maximum absolute atomic E-state index is 5.83. The number of hydrogen-bond acceptors (Lipinski definition) is 5. The zero-order chi connectivity index (χ0) is 21.3. The standard InChI is InChI=1S/C21H36N8O.HI/c1-5-20-26-24-15-28(20)12-10-23-21(25-18(4)19-8-6-13-30-19)22-9-7-11-29-17(3)14-16(2)27-29;/h14-15,18-19H,5-13H2,1-4H3,(H2,22,23,25);1H. The Hall–Kier alpha value is -1.69. The van der Waals surface area contributed by atoms with Crippen molar-refractivity contribution in [2.24, 2.45) is 4.99 Å². The minimum absolute atomic E-state index is 0. The molecular weight excluding hydrogens is 507 g/mol. The summed E-state index contributed by atoms with van der Waals surface area (Å²) in [5, 5.41) is 19.7. The van der Waals surface area contributed by atoms with Crippen molar-refractivity contribution in [2.45, 2.75) is 78.6 Å². The highest BCUT2D eigenvalue weighted by Crippen LogP contribution is 2.15. The third kappa shape index (κ3) is 7.74. The molecular formula is C21H37IN8O. The largest absolute Gasteiger partial charge is 0.376 e. The Kier molecular flexibility index (Phi) is 10.7. The van der Waals surface area contributed by atoms with Gasteiger partial charge in [0.2, 0.25) is 0 Å². The molecule has 2 aromatic heterocycles. The molecule has 0 bridgehead atoms. The van der Waals surface area contributed by atoms with E-state index in [-0.39, 0.29) is 36.1 Å². The van der Waals surface area contributed by atoms with Gasteiger partial charge in [-0.1, -0.05) is 6.92 Å². The molecule has 1 saturated heterocycles. The van der Waals surface area contributed by atoms with E-state index >= 15 is 0 Å². The smallest absolute Gasteiger partial charge is 0.191 e. The first-order valence-corrected chi connectivity index (χ1v) is 11.1. The molecule has 3 heterocycles. The molecule has 0 spiro atoms. The average Bonchev–Trinajstić information content (AvgIpc) is 3.46. The molecule has 1 aliphatic rings. The fourth-order valence-corrected chi connectivity index (χ4v) is 3.80. The van der Waals surface area contributed by atoms with Gasteiger partial charge in [0.05, 0.1) is 17.8 Å². The van der Waals surface area contributed by atoms with Gasteiger partial charge in [-0.05, 0) is 46.1 Å². The number of hydrogen-bond donors (Lipinski definition) is 2. The highest BCUT2D eigenvalue weighted by molar-refractivity contribution is 14.0. The van der Waals surface area contributed by atoms with E-state index in [0.29, 0.717) is 0 Å². The molecule has 2 N–H and O–H groups in total. The van der Waals surface area contributed by atoms with Crippen LogP contribution >= 0.6 is 24.0 Å². The third-order valence-electron chi connectivity index (χ3n) is 5.45. The summed E-state index contributed by atoms with van der Waals surface area (Å²) in [7, 11) is 0. The first kappa shape index (κ1) is 25.6. The number of guanidine groups is 1. The number of aliphatic imine (C=N–C) groups is 1. The molecule has 2 atom stereocenters. The van der Waals surface area contributed by atoms with Crippen LogP contribution in [0.25, 0.3) is 0 Å². The maximum Gasteiger partial charge on any atom is 0.191 e. The summed E-state index contributed by atoms with van der Waals surface area (Å²) in [6.45, 7) is 12.4. The predicted molar refractivity (Wildman–Crippen MR) is 133 cm³/mol. The van der Waals surface area contributed by atoms with Crippen LogP contribution in [0.4, 0.5) is 0 Å². The first-order valence-electron chi connectivity index (χ1n) is 11.1. The molecule has 0 saturated carbocycles. The van der Waals surface area contributed by atoms with Crippen LogP contribution in [0.3, 0.4) is 0 Å². The predicted octanol–water partition coefficient (Wildman–Crippen LogP) is 2.46. The lowest BCUT2D eigenvalue weighted by Gasteiger charge is -2.23. The van der Waals surface area contributed by atoms with Gasteiger partial charge in [-0.15, -0.1) is 34.2 Å². The van der Waals surface area contributed by atoms with Crippen molar-refractivity contribution in [3.05, 3.63) is 29.6 Å². The van der Waals surface area contributed by atoms with E-state index < -0.39 is 0 Å².